The van der Waals surface area contributed by atoms with Crippen molar-refractivity contribution in [3.05, 3.63) is 70.1 Å². The molecule has 3 rings (SSSR count). The van der Waals surface area contributed by atoms with E-state index in [1.54, 1.807) is 30.1 Å². The Bertz CT molecular complexity index is 1020. The number of fused-ring (bicyclic) bond motifs is 1. The highest BCUT2D eigenvalue weighted by Gasteiger charge is 2.18. The average molecular weight is 367 g/mol. The lowest BCUT2D eigenvalue weighted by molar-refractivity contribution is -0.137. The monoisotopic (exact) mass is 367 g/mol. The number of carbonyl (C=O) groups is 2. The molecular weight excluding hydrogens is 346 g/mol. The van der Waals surface area contributed by atoms with Gasteiger partial charge in [0.25, 0.3) is 5.91 Å². The van der Waals surface area contributed by atoms with E-state index >= 15 is 0 Å². The lowest BCUT2D eigenvalue weighted by Crippen LogP contribution is -2.31. The van der Waals surface area contributed by atoms with Crippen LogP contribution in [0.2, 0.25) is 0 Å². The molecule has 0 bridgehead atoms. The fourth-order valence-corrected chi connectivity index (χ4v) is 3.02. The van der Waals surface area contributed by atoms with E-state index in [0.29, 0.717) is 36.1 Å². The van der Waals surface area contributed by atoms with Gasteiger partial charge in [-0.15, -0.1) is 0 Å². The van der Waals surface area contributed by atoms with Gasteiger partial charge in [-0.1, -0.05) is 30.3 Å². The summed E-state index contributed by atoms with van der Waals surface area (Å²) in [4.78, 5) is 40.0. The Labute approximate surface area is 155 Å². The summed E-state index contributed by atoms with van der Waals surface area (Å²) in [7, 11) is 1.64. The normalized spacial score (nSPS) is 10.9. The number of imidazole rings is 1. The van der Waals surface area contributed by atoms with Crippen molar-refractivity contribution in [2.45, 2.75) is 19.4 Å². The Hall–Kier alpha value is -3.35. The van der Waals surface area contributed by atoms with Crippen LogP contribution in [0.1, 0.15) is 28.8 Å². The summed E-state index contributed by atoms with van der Waals surface area (Å²) in [5.41, 5.74) is 2.51. The van der Waals surface area contributed by atoms with Gasteiger partial charge in [-0.05, 0) is 30.2 Å². The van der Waals surface area contributed by atoms with Gasteiger partial charge < -0.3 is 15.0 Å². The number of carboxylic acid groups (broad SMARTS) is 1. The molecule has 3 aromatic rings. The molecule has 1 heterocycles. The van der Waals surface area contributed by atoms with Gasteiger partial charge in [0.05, 0.1) is 11.0 Å². The van der Waals surface area contributed by atoms with E-state index < -0.39 is 5.97 Å². The molecule has 0 spiro atoms. The van der Waals surface area contributed by atoms with Crippen molar-refractivity contribution in [2.75, 3.05) is 6.54 Å². The van der Waals surface area contributed by atoms with Gasteiger partial charge >= 0.3 is 11.7 Å². The van der Waals surface area contributed by atoms with Crippen molar-refractivity contribution in [1.29, 1.82) is 0 Å². The Morgan fingerprint density at radius 3 is 2.59 bits per heavy atom. The van der Waals surface area contributed by atoms with Crippen molar-refractivity contribution in [3.63, 3.8) is 0 Å². The van der Waals surface area contributed by atoms with Gasteiger partial charge in [-0.2, -0.15) is 0 Å². The van der Waals surface area contributed by atoms with Gasteiger partial charge in [-0.3, -0.25) is 14.2 Å². The van der Waals surface area contributed by atoms with E-state index in [-0.39, 0.29) is 18.0 Å². The molecule has 7 nitrogen and oxygen atoms in total. The molecule has 27 heavy (non-hydrogen) atoms. The Morgan fingerprint density at radius 1 is 1.15 bits per heavy atom. The fraction of sp³-hybridized carbons (Fsp3) is 0.250. The number of hydrogen-bond donors (Lipinski definition) is 2. The minimum Gasteiger partial charge on any atom is -0.481 e. The van der Waals surface area contributed by atoms with Crippen LogP contribution in [-0.4, -0.2) is 38.0 Å². The summed E-state index contributed by atoms with van der Waals surface area (Å²) in [6.07, 6.45) is 0.378. The van der Waals surface area contributed by atoms with Gasteiger partial charge in [0.15, 0.2) is 0 Å². The molecule has 2 aromatic carbocycles. The first kappa shape index (κ1) is 18.4. The zero-order valence-electron chi connectivity index (χ0n) is 15.0. The summed E-state index contributed by atoms with van der Waals surface area (Å²) >= 11 is 0. The fourth-order valence-electron chi connectivity index (χ4n) is 3.02. The Morgan fingerprint density at radius 2 is 1.89 bits per heavy atom. The lowest BCUT2D eigenvalue weighted by Gasteiger charge is -2.23. The molecule has 0 atom stereocenters. The Kier molecular flexibility index (Phi) is 5.40. The summed E-state index contributed by atoms with van der Waals surface area (Å²) < 4.78 is 1.46. The first-order valence-corrected chi connectivity index (χ1v) is 8.69. The van der Waals surface area contributed by atoms with Crippen molar-refractivity contribution in [1.82, 2.24) is 14.5 Å². The number of aryl methyl sites for hydroxylation is 1. The zero-order chi connectivity index (χ0) is 19.4. The summed E-state index contributed by atoms with van der Waals surface area (Å²) in [5.74, 6) is -1.08. The van der Waals surface area contributed by atoms with Crippen LogP contribution in [0.4, 0.5) is 0 Å². The average Bonchev–Trinajstić information content (AvgIpc) is 2.94. The highest BCUT2D eigenvalue weighted by atomic mass is 16.4. The number of aliphatic carboxylic acids is 1. The summed E-state index contributed by atoms with van der Waals surface area (Å²) in [6.45, 7) is 0.730. The summed E-state index contributed by atoms with van der Waals surface area (Å²) in [6, 6.07) is 14.6. The maximum absolute atomic E-state index is 13.1. The van der Waals surface area contributed by atoms with E-state index in [1.165, 1.54) is 4.57 Å². The third-order valence-corrected chi connectivity index (χ3v) is 4.47. The molecule has 140 valence electrons. The van der Waals surface area contributed by atoms with E-state index in [0.717, 1.165) is 5.56 Å². The highest BCUT2D eigenvalue weighted by molar-refractivity contribution is 5.97. The molecule has 1 amide bonds. The van der Waals surface area contributed by atoms with Crippen LogP contribution in [0.3, 0.4) is 0 Å². The Balaban J connectivity index is 1.87. The predicted molar refractivity (Wildman–Crippen MR) is 102 cm³/mol. The molecule has 0 radical (unpaired) electrons. The maximum Gasteiger partial charge on any atom is 0.326 e. The molecule has 0 saturated carbocycles. The number of rotatable bonds is 7. The van der Waals surface area contributed by atoms with E-state index in [4.69, 9.17) is 5.11 Å². The minimum atomic E-state index is -0.883. The van der Waals surface area contributed by atoms with Crippen LogP contribution in [0, 0.1) is 0 Å². The minimum absolute atomic E-state index is 0.00389. The number of hydrogen-bond acceptors (Lipinski definition) is 3. The molecule has 0 saturated heterocycles. The van der Waals surface area contributed by atoms with Gasteiger partial charge in [0.1, 0.15) is 0 Å². The van der Waals surface area contributed by atoms with Crippen LogP contribution in [0.25, 0.3) is 11.0 Å². The second-order valence-electron chi connectivity index (χ2n) is 6.43. The maximum atomic E-state index is 13.1. The third kappa shape index (κ3) is 4.25. The molecule has 0 fully saturated rings. The standard InChI is InChI=1S/C20H21N3O4/c1-22-17-12-15(9-10-16(17)21-20(22)27)19(26)23(11-5-8-18(24)25)13-14-6-3-2-4-7-14/h2-4,6-7,9-10,12H,5,8,11,13H2,1H3,(H,21,27)(H,24,25). The molecule has 0 unspecified atom stereocenters. The first-order valence-electron chi connectivity index (χ1n) is 8.69. The van der Waals surface area contributed by atoms with Crippen LogP contribution < -0.4 is 5.69 Å². The van der Waals surface area contributed by atoms with Crippen LogP contribution in [-0.2, 0) is 18.4 Å². The van der Waals surface area contributed by atoms with Gasteiger partial charge in [0, 0.05) is 32.1 Å². The second-order valence-corrected chi connectivity index (χ2v) is 6.43. The predicted octanol–water partition coefficient (Wildman–Crippen LogP) is 2.37. The highest BCUT2D eigenvalue weighted by Crippen LogP contribution is 2.16. The number of nitrogens with zero attached hydrogens (tertiary/aromatic N) is 2. The SMILES string of the molecule is Cn1c(=O)[nH]c2ccc(C(=O)N(CCCC(=O)O)Cc3ccccc3)cc21. The van der Waals surface area contributed by atoms with E-state index in [1.807, 2.05) is 30.3 Å². The largest absolute Gasteiger partial charge is 0.481 e. The van der Waals surface area contributed by atoms with E-state index in [9.17, 15) is 14.4 Å². The number of aromatic amines is 1. The quantitative estimate of drug-likeness (QED) is 0.670. The molecule has 2 N–H and O–H groups in total. The topological polar surface area (TPSA) is 95.4 Å². The van der Waals surface area contributed by atoms with Crippen LogP contribution >= 0.6 is 0 Å². The van der Waals surface area contributed by atoms with Crippen molar-refractivity contribution in [3.8, 4) is 0 Å². The van der Waals surface area contributed by atoms with Crippen LogP contribution in [0.15, 0.2) is 53.3 Å². The number of carbonyl (C=O) groups excluding carboxylic acids is 1. The number of nitrogens with one attached hydrogen (secondary N) is 1. The van der Waals surface area contributed by atoms with Crippen molar-refractivity contribution in [2.24, 2.45) is 7.05 Å². The third-order valence-electron chi connectivity index (χ3n) is 4.47. The summed E-state index contributed by atoms with van der Waals surface area (Å²) in [5, 5.41) is 8.88. The van der Waals surface area contributed by atoms with Gasteiger partial charge in [0.2, 0.25) is 0 Å². The number of carboxylic acids is 1. The number of H-pyrrole nitrogens is 1. The number of aromatic nitrogens is 2. The van der Waals surface area contributed by atoms with Crippen molar-refractivity contribution < 1.29 is 14.7 Å². The smallest absolute Gasteiger partial charge is 0.326 e. The molecule has 0 aliphatic carbocycles. The molecule has 0 aliphatic rings. The van der Waals surface area contributed by atoms with Crippen molar-refractivity contribution >= 4 is 22.9 Å². The number of benzene rings is 2. The van der Waals surface area contributed by atoms with E-state index in [2.05, 4.69) is 4.98 Å². The van der Waals surface area contributed by atoms with Gasteiger partial charge in [-0.25, -0.2) is 4.79 Å². The lowest BCUT2D eigenvalue weighted by atomic mass is 10.1. The second kappa shape index (κ2) is 7.90. The zero-order valence-corrected chi connectivity index (χ0v) is 15.0. The first-order chi connectivity index (χ1) is 13.0. The van der Waals surface area contributed by atoms with Crippen LogP contribution in [0.5, 0.6) is 0 Å². The molecule has 1 aromatic heterocycles. The number of amides is 1. The molecular formula is C20H21N3O4. The molecule has 0 aliphatic heterocycles. The molecule has 7 heteroatoms.